The van der Waals surface area contributed by atoms with Crippen molar-refractivity contribution in [3.05, 3.63) is 45.3 Å². The SMILES string of the molecule is CCN(CC)S(=O)(=O)c1ccc(O)c(NC(=O)c2sc3ncn(C)c(=O)c3c2C)c1. The lowest BCUT2D eigenvalue weighted by Gasteiger charge is -2.19. The number of thiophene rings is 1. The average Bonchev–Trinajstić information content (AvgIpc) is 3.04. The van der Waals surface area contributed by atoms with E-state index in [-0.39, 0.29) is 26.8 Å². The third-order valence-corrected chi connectivity index (χ3v) is 8.02. The smallest absolute Gasteiger partial charge is 0.266 e. The monoisotopic (exact) mass is 450 g/mol. The number of nitrogens with zero attached hydrogens (tertiary/aromatic N) is 3. The molecule has 0 atom stereocenters. The summed E-state index contributed by atoms with van der Waals surface area (Å²) in [5.41, 5.74) is 0.182. The first-order chi connectivity index (χ1) is 14.1. The topological polar surface area (TPSA) is 122 Å². The number of benzene rings is 1. The molecule has 3 aromatic rings. The molecule has 30 heavy (non-hydrogen) atoms. The first-order valence-corrected chi connectivity index (χ1v) is 11.5. The predicted molar refractivity (Wildman–Crippen MR) is 116 cm³/mol. The number of phenols is 1. The number of sulfonamides is 1. The largest absolute Gasteiger partial charge is 0.506 e. The van der Waals surface area contributed by atoms with Gasteiger partial charge in [-0.15, -0.1) is 11.3 Å². The van der Waals surface area contributed by atoms with Crippen molar-refractivity contribution in [2.45, 2.75) is 25.7 Å². The third kappa shape index (κ3) is 3.71. The second-order valence-corrected chi connectivity index (χ2v) is 9.56. The van der Waals surface area contributed by atoms with Gasteiger partial charge in [0.05, 0.1) is 27.2 Å². The van der Waals surface area contributed by atoms with E-state index in [1.807, 2.05) is 0 Å². The minimum Gasteiger partial charge on any atom is -0.506 e. The fourth-order valence-electron chi connectivity index (χ4n) is 3.09. The molecule has 0 aliphatic heterocycles. The van der Waals surface area contributed by atoms with Crippen LogP contribution >= 0.6 is 11.3 Å². The Morgan fingerprint density at radius 1 is 1.30 bits per heavy atom. The molecule has 0 bridgehead atoms. The quantitative estimate of drug-likeness (QED) is 0.556. The minimum absolute atomic E-state index is 0.0362. The Morgan fingerprint density at radius 3 is 2.60 bits per heavy atom. The normalized spacial score (nSPS) is 11.9. The van der Waals surface area contributed by atoms with Crippen LogP contribution in [0.15, 0.2) is 34.2 Å². The average molecular weight is 451 g/mol. The Hall–Kier alpha value is -2.76. The van der Waals surface area contributed by atoms with E-state index in [0.29, 0.717) is 28.9 Å². The number of carbonyl (C=O) groups excluding carboxylic acids is 1. The highest BCUT2D eigenvalue weighted by Gasteiger charge is 2.24. The summed E-state index contributed by atoms with van der Waals surface area (Å²) in [5.74, 6) is -0.833. The van der Waals surface area contributed by atoms with Crippen molar-refractivity contribution in [2.24, 2.45) is 7.05 Å². The second-order valence-electron chi connectivity index (χ2n) is 6.62. The zero-order valence-corrected chi connectivity index (χ0v) is 18.6. The molecule has 1 aromatic carbocycles. The highest BCUT2D eigenvalue weighted by molar-refractivity contribution is 7.89. The van der Waals surface area contributed by atoms with Crippen molar-refractivity contribution in [3.63, 3.8) is 0 Å². The van der Waals surface area contributed by atoms with Gasteiger partial charge in [-0.1, -0.05) is 13.8 Å². The molecular formula is C19H22N4O5S2. The third-order valence-electron chi connectivity index (χ3n) is 4.78. The van der Waals surface area contributed by atoms with Gasteiger partial charge in [0.15, 0.2) is 0 Å². The Kier molecular flexibility index (Phi) is 5.97. The van der Waals surface area contributed by atoms with Crippen LogP contribution in [0.4, 0.5) is 5.69 Å². The number of carbonyl (C=O) groups is 1. The molecule has 160 valence electrons. The van der Waals surface area contributed by atoms with Gasteiger partial charge >= 0.3 is 0 Å². The van der Waals surface area contributed by atoms with Gasteiger partial charge in [-0.3, -0.25) is 9.59 Å². The number of amides is 1. The van der Waals surface area contributed by atoms with Gasteiger partial charge in [-0.05, 0) is 30.7 Å². The van der Waals surface area contributed by atoms with E-state index in [0.717, 1.165) is 11.3 Å². The van der Waals surface area contributed by atoms with Crippen LogP contribution in [0.5, 0.6) is 5.75 Å². The number of phenolic OH excluding ortho intramolecular Hbond substituents is 1. The van der Waals surface area contributed by atoms with Gasteiger partial charge in [0.2, 0.25) is 10.0 Å². The van der Waals surface area contributed by atoms with Crippen molar-refractivity contribution in [1.82, 2.24) is 13.9 Å². The molecule has 0 fully saturated rings. The van der Waals surface area contributed by atoms with E-state index in [2.05, 4.69) is 10.3 Å². The molecule has 2 N–H and O–H groups in total. The van der Waals surface area contributed by atoms with Crippen LogP contribution < -0.4 is 10.9 Å². The Labute approximate surface area is 177 Å². The van der Waals surface area contributed by atoms with Crippen molar-refractivity contribution < 1.29 is 18.3 Å². The number of fused-ring (bicyclic) bond motifs is 1. The maximum absolute atomic E-state index is 12.9. The standard InChI is InChI=1S/C19H22N4O5S2/c1-5-23(6-2)30(27,28)12-7-8-14(24)13(9-12)21-17(25)16-11(3)15-18(29-16)20-10-22(4)19(15)26/h7-10,24H,5-6H2,1-4H3,(H,21,25). The molecule has 0 radical (unpaired) electrons. The van der Waals surface area contributed by atoms with Gasteiger partial charge in [0.1, 0.15) is 10.6 Å². The lowest BCUT2D eigenvalue weighted by atomic mass is 10.2. The molecule has 0 saturated carbocycles. The van der Waals surface area contributed by atoms with Crippen LogP contribution in [0.1, 0.15) is 29.1 Å². The van der Waals surface area contributed by atoms with Crippen molar-refractivity contribution in [3.8, 4) is 5.75 Å². The Bertz CT molecular complexity index is 1290. The number of nitrogens with one attached hydrogen (secondary N) is 1. The number of rotatable bonds is 6. The molecule has 1 amide bonds. The zero-order chi connectivity index (χ0) is 22.2. The summed E-state index contributed by atoms with van der Waals surface area (Å²) in [4.78, 5) is 30.0. The Balaban J connectivity index is 2.00. The van der Waals surface area contributed by atoms with Crippen LogP contribution in [0.2, 0.25) is 0 Å². The molecule has 0 spiro atoms. The molecule has 9 nitrogen and oxygen atoms in total. The lowest BCUT2D eigenvalue weighted by molar-refractivity contribution is 0.102. The molecule has 0 saturated heterocycles. The van der Waals surface area contributed by atoms with E-state index in [4.69, 9.17) is 0 Å². The Morgan fingerprint density at radius 2 is 1.97 bits per heavy atom. The van der Waals surface area contributed by atoms with Gasteiger partial charge < -0.3 is 15.0 Å². The predicted octanol–water partition coefficient (Wildman–Crippen LogP) is 2.29. The van der Waals surface area contributed by atoms with Crippen LogP contribution in [0.3, 0.4) is 0 Å². The summed E-state index contributed by atoms with van der Waals surface area (Å²) in [6.07, 6.45) is 1.38. The summed E-state index contributed by atoms with van der Waals surface area (Å²) < 4.78 is 28.1. The highest BCUT2D eigenvalue weighted by atomic mass is 32.2. The van der Waals surface area contributed by atoms with Crippen LogP contribution in [-0.2, 0) is 17.1 Å². The van der Waals surface area contributed by atoms with E-state index in [9.17, 15) is 23.1 Å². The maximum Gasteiger partial charge on any atom is 0.266 e. The van der Waals surface area contributed by atoms with Gasteiger partial charge in [0.25, 0.3) is 11.5 Å². The summed E-state index contributed by atoms with van der Waals surface area (Å²) in [6.45, 7) is 5.70. The first kappa shape index (κ1) is 21.9. The van der Waals surface area contributed by atoms with Gasteiger partial charge in [-0.25, -0.2) is 13.4 Å². The van der Waals surface area contributed by atoms with Gasteiger partial charge in [-0.2, -0.15) is 4.31 Å². The van der Waals surface area contributed by atoms with Crippen LogP contribution in [0, 0.1) is 6.92 Å². The van der Waals surface area contributed by atoms with Crippen molar-refractivity contribution in [1.29, 1.82) is 0 Å². The number of aromatic hydroxyl groups is 1. The molecule has 11 heteroatoms. The molecule has 3 rings (SSSR count). The summed E-state index contributed by atoms with van der Waals surface area (Å²) in [7, 11) is -2.19. The fourth-order valence-corrected chi connectivity index (χ4v) is 5.61. The molecule has 0 aliphatic carbocycles. The summed E-state index contributed by atoms with van der Waals surface area (Å²) >= 11 is 1.06. The number of hydrogen-bond acceptors (Lipinski definition) is 7. The number of hydrogen-bond donors (Lipinski definition) is 2. The second kappa shape index (κ2) is 8.17. The van der Waals surface area contributed by atoms with Gasteiger partial charge in [0, 0.05) is 20.1 Å². The maximum atomic E-state index is 12.9. The molecule has 0 unspecified atom stereocenters. The van der Waals surface area contributed by atoms with Crippen molar-refractivity contribution >= 4 is 43.2 Å². The molecule has 0 aliphatic rings. The van der Waals surface area contributed by atoms with Crippen LogP contribution in [-0.4, -0.2) is 46.4 Å². The number of aromatic nitrogens is 2. The van der Waals surface area contributed by atoms with E-state index < -0.39 is 15.9 Å². The van der Waals surface area contributed by atoms with E-state index in [1.54, 1.807) is 27.8 Å². The van der Waals surface area contributed by atoms with Crippen molar-refractivity contribution in [2.75, 3.05) is 18.4 Å². The number of aryl methyl sites for hydroxylation is 2. The first-order valence-electron chi connectivity index (χ1n) is 9.21. The van der Waals surface area contributed by atoms with E-state index in [1.165, 1.54) is 33.4 Å². The zero-order valence-electron chi connectivity index (χ0n) is 17.0. The highest BCUT2D eigenvalue weighted by Crippen LogP contribution is 2.31. The number of anilines is 1. The van der Waals surface area contributed by atoms with E-state index >= 15 is 0 Å². The minimum atomic E-state index is -3.76. The lowest BCUT2D eigenvalue weighted by Crippen LogP contribution is -2.30. The fraction of sp³-hybridized carbons (Fsp3) is 0.316. The van der Waals surface area contributed by atoms with Crippen LogP contribution in [0.25, 0.3) is 10.2 Å². The molecular weight excluding hydrogens is 428 g/mol. The summed E-state index contributed by atoms with van der Waals surface area (Å²) in [5, 5.41) is 13.1. The summed E-state index contributed by atoms with van der Waals surface area (Å²) in [6, 6.07) is 3.73. The molecule has 2 aromatic heterocycles. The molecule has 2 heterocycles.